The van der Waals surface area contributed by atoms with Gasteiger partial charge in [-0.15, -0.1) is 24.0 Å². The maximum atomic E-state index is 11.4. The van der Waals surface area contributed by atoms with Gasteiger partial charge < -0.3 is 11.1 Å². The number of rotatable bonds is 9. The quantitative estimate of drug-likeness (QED) is 0.249. The molecule has 0 saturated carbocycles. The average Bonchev–Trinajstić information content (AvgIpc) is 2.47. The Balaban J connectivity index is 0.00000484. The summed E-state index contributed by atoms with van der Waals surface area (Å²) in [5, 5.41) is 3.02. The molecular weight excluding hydrogens is 429 g/mol. The minimum absolute atomic E-state index is 0. The third-order valence-electron chi connectivity index (χ3n) is 3.08. The van der Waals surface area contributed by atoms with Gasteiger partial charge in [-0.25, -0.2) is 12.7 Å². The van der Waals surface area contributed by atoms with Crippen LogP contribution in [-0.2, 0) is 16.4 Å². The standard InChI is InChI=1S/C14H25N5O2S.HI/c1-3-19(22(2,20)21)12-6-10-17-14(15)18-11-8-13-7-4-5-9-16-13;/h4-5,7,9H,3,6,8,10-12H2,1-2H3,(H3,15,17,18);1H. The molecule has 0 aliphatic rings. The van der Waals surface area contributed by atoms with Crippen LogP contribution in [0.25, 0.3) is 0 Å². The van der Waals surface area contributed by atoms with Crippen molar-refractivity contribution in [2.75, 3.05) is 32.4 Å². The Morgan fingerprint density at radius 2 is 2.17 bits per heavy atom. The lowest BCUT2D eigenvalue weighted by atomic mass is 10.3. The summed E-state index contributed by atoms with van der Waals surface area (Å²) in [6.07, 6.45) is 4.39. The molecule has 0 spiro atoms. The van der Waals surface area contributed by atoms with Gasteiger partial charge in [0.2, 0.25) is 10.0 Å². The van der Waals surface area contributed by atoms with Crippen molar-refractivity contribution >= 4 is 40.0 Å². The number of hydrogen-bond acceptors (Lipinski definition) is 4. The third-order valence-corrected chi connectivity index (χ3v) is 4.46. The summed E-state index contributed by atoms with van der Waals surface area (Å²) < 4.78 is 24.3. The molecule has 0 atom stereocenters. The van der Waals surface area contributed by atoms with Crippen molar-refractivity contribution in [3.8, 4) is 0 Å². The van der Waals surface area contributed by atoms with Crippen molar-refractivity contribution in [1.82, 2.24) is 14.6 Å². The van der Waals surface area contributed by atoms with E-state index in [2.05, 4.69) is 15.3 Å². The first-order valence-electron chi connectivity index (χ1n) is 7.32. The number of pyridine rings is 1. The van der Waals surface area contributed by atoms with Crippen molar-refractivity contribution in [3.63, 3.8) is 0 Å². The first kappa shape index (κ1) is 22.1. The maximum Gasteiger partial charge on any atom is 0.211 e. The van der Waals surface area contributed by atoms with E-state index < -0.39 is 10.0 Å². The van der Waals surface area contributed by atoms with E-state index in [9.17, 15) is 8.42 Å². The van der Waals surface area contributed by atoms with E-state index >= 15 is 0 Å². The Kier molecular flexibility index (Phi) is 11.1. The van der Waals surface area contributed by atoms with Crippen LogP contribution >= 0.6 is 24.0 Å². The van der Waals surface area contributed by atoms with E-state index in [1.165, 1.54) is 10.6 Å². The van der Waals surface area contributed by atoms with Gasteiger partial charge >= 0.3 is 0 Å². The van der Waals surface area contributed by atoms with Crippen LogP contribution in [0.4, 0.5) is 0 Å². The second kappa shape index (κ2) is 11.6. The Morgan fingerprint density at radius 1 is 1.43 bits per heavy atom. The van der Waals surface area contributed by atoms with Gasteiger partial charge in [-0.2, -0.15) is 0 Å². The SMILES string of the molecule is CCN(CCCN=C(N)NCCc1ccccn1)S(C)(=O)=O.I. The Hall–Kier alpha value is -0.940. The van der Waals surface area contributed by atoms with Crippen molar-refractivity contribution in [3.05, 3.63) is 30.1 Å². The average molecular weight is 455 g/mol. The number of aromatic nitrogens is 1. The van der Waals surface area contributed by atoms with Gasteiger partial charge in [-0.3, -0.25) is 9.98 Å². The summed E-state index contributed by atoms with van der Waals surface area (Å²) in [7, 11) is -3.13. The summed E-state index contributed by atoms with van der Waals surface area (Å²) in [5.74, 6) is 0.373. The largest absolute Gasteiger partial charge is 0.370 e. The van der Waals surface area contributed by atoms with Crippen molar-refractivity contribution in [2.24, 2.45) is 10.7 Å². The van der Waals surface area contributed by atoms with Crippen LogP contribution in [0.2, 0.25) is 0 Å². The summed E-state index contributed by atoms with van der Waals surface area (Å²) >= 11 is 0. The van der Waals surface area contributed by atoms with E-state index in [4.69, 9.17) is 5.73 Å². The summed E-state index contributed by atoms with van der Waals surface area (Å²) in [5.41, 5.74) is 6.75. The number of halogens is 1. The molecule has 0 radical (unpaired) electrons. The monoisotopic (exact) mass is 455 g/mol. The number of hydrogen-bond donors (Lipinski definition) is 2. The minimum atomic E-state index is -3.13. The zero-order valence-electron chi connectivity index (χ0n) is 13.6. The first-order chi connectivity index (χ1) is 10.4. The number of sulfonamides is 1. The molecule has 0 saturated heterocycles. The van der Waals surface area contributed by atoms with Crippen LogP contribution in [0.1, 0.15) is 19.0 Å². The van der Waals surface area contributed by atoms with Crippen LogP contribution < -0.4 is 11.1 Å². The molecule has 0 aliphatic carbocycles. The maximum absolute atomic E-state index is 11.4. The number of nitrogens with zero attached hydrogens (tertiary/aromatic N) is 3. The Morgan fingerprint density at radius 3 is 2.74 bits per heavy atom. The molecule has 7 nitrogen and oxygen atoms in total. The normalized spacial score (nSPS) is 12.0. The molecule has 1 aromatic rings. The molecule has 9 heteroatoms. The van der Waals surface area contributed by atoms with Gasteiger partial charge in [0.05, 0.1) is 6.26 Å². The lowest BCUT2D eigenvalue weighted by molar-refractivity contribution is 0.427. The highest BCUT2D eigenvalue weighted by Gasteiger charge is 2.12. The zero-order valence-corrected chi connectivity index (χ0v) is 16.8. The molecule has 0 aromatic carbocycles. The number of guanidine groups is 1. The lowest BCUT2D eigenvalue weighted by Crippen LogP contribution is -2.34. The molecule has 0 unspecified atom stereocenters. The van der Waals surface area contributed by atoms with Gasteiger partial charge in [0, 0.05) is 44.5 Å². The predicted octanol–water partition coefficient (Wildman–Crippen LogP) is 0.818. The van der Waals surface area contributed by atoms with Gasteiger partial charge in [0.25, 0.3) is 0 Å². The number of nitrogens with two attached hydrogens (primary N) is 1. The highest BCUT2D eigenvalue weighted by Crippen LogP contribution is 1.99. The predicted molar refractivity (Wildman–Crippen MR) is 105 cm³/mol. The summed E-state index contributed by atoms with van der Waals surface area (Å²) in [4.78, 5) is 8.40. The molecule has 1 aromatic heterocycles. The van der Waals surface area contributed by atoms with Crippen molar-refractivity contribution in [2.45, 2.75) is 19.8 Å². The Bertz CT molecular complexity index is 566. The van der Waals surface area contributed by atoms with E-state index in [1.54, 1.807) is 6.20 Å². The van der Waals surface area contributed by atoms with E-state index in [0.717, 1.165) is 12.1 Å². The van der Waals surface area contributed by atoms with Gasteiger partial charge in [-0.05, 0) is 18.6 Å². The molecule has 0 amide bonds. The second-order valence-electron chi connectivity index (χ2n) is 4.87. The fraction of sp³-hybridized carbons (Fsp3) is 0.571. The second-order valence-corrected chi connectivity index (χ2v) is 6.86. The molecular formula is C14H26IN5O2S. The smallest absolute Gasteiger partial charge is 0.211 e. The van der Waals surface area contributed by atoms with Crippen LogP contribution in [0.3, 0.4) is 0 Å². The number of nitrogens with one attached hydrogen (secondary N) is 1. The lowest BCUT2D eigenvalue weighted by Gasteiger charge is -2.16. The van der Waals surface area contributed by atoms with E-state index in [0.29, 0.717) is 38.6 Å². The molecule has 23 heavy (non-hydrogen) atoms. The molecule has 1 rings (SSSR count). The Labute approximate surface area is 155 Å². The van der Waals surface area contributed by atoms with Crippen LogP contribution in [0, 0.1) is 0 Å². The molecule has 0 aliphatic heterocycles. The van der Waals surface area contributed by atoms with E-state index in [-0.39, 0.29) is 24.0 Å². The van der Waals surface area contributed by atoms with Crippen LogP contribution in [-0.4, -0.2) is 56.1 Å². The van der Waals surface area contributed by atoms with Gasteiger partial charge in [-0.1, -0.05) is 13.0 Å². The van der Waals surface area contributed by atoms with E-state index in [1.807, 2.05) is 25.1 Å². The summed E-state index contributed by atoms with van der Waals surface area (Å²) in [6, 6.07) is 5.78. The topological polar surface area (TPSA) is 101 Å². The van der Waals surface area contributed by atoms with Crippen molar-refractivity contribution in [1.29, 1.82) is 0 Å². The van der Waals surface area contributed by atoms with Gasteiger partial charge in [0.1, 0.15) is 0 Å². The molecule has 0 fully saturated rings. The van der Waals surface area contributed by atoms with Gasteiger partial charge in [0.15, 0.2) is 5.96 Å². The fourth-order valence-corrected chi connectivity index (χ4v) is 2.86. The summed E-state index contributed by atoms with van der Waals surface area (Å²) in [6.45, 7) is 3.91. The zero-order chi connectivity index (χ0) is 16.4. The number of aliphatic imine (C=N–C) groups is 1. The fourth-order valence-electron chi connectivity index (χ4n) is 1.93. The molecule has 3 N–H and O–H groups in total. The minimum Gasteiger partial charge on any atom is -0.370 e. The highest BCUT2D eigenvalue weighted by atomic mass is 127. The molecule has 0 bridgehead atoms. The third kappa shape index (κ3) is 9.72. The van der Waals surface area contributed by atoms with Crippen molar-refractivity contribution < 1.29 is 8.42 Å². The highest BCUT2D eigenvalue weighted by molar-refractivity contribution is 14.0. The molecule has 1 heterocycles. The first-order valence-corrected chi connectivity index (χ1v) is 9.17. The van der Waals surface area contributed by atoms with Crippen LogP contribution in [0.5, 0.6) is 0 Å². The molecule has 132 valence electrons. The van der Waals surface area contributed by atoms with Crippen LogP contribution in [0.15, 0.2) is 29.4 Å².